The van der Waals surface area contributed by atoms with Crippen molar-refractivity contribution in [2.75, 3.05) is 20.6 Å². The first-order valence-electron chi connectivity index (χ1n) is 4.26. The van der Waals surface area contributed by atoms with Gasteiger partial charge in [0.1, 0.15) is 11.4 Å². The van der Waals surface area contributed by atoms with E-state index in [-0.39, 0.29) is 16.8 Å². The molecule has 0 aliphatic heterocycles. The average Bonchev–Trinajstić information content (AvgIpc) is 2.02. The maximum atomic E-state index is 10.6. The number of aromatic hydroxyl groups is 1. The smallest absolute Gasteiger partial charge is 0.359 e. The molecule has 0 radical (unpaired) electrons. The molecule has 0 heterocycles. The third-order valence-electron chi connectivity index (χ3n) is 2.08. The molecule has 0 saturated heterocycles. The van der Waals surface area contributed by atoms with Crippen molar-refractivity contribution in [3.05, 3.63) is 24.3 Å². The van der Waals surface area contributed by atoms with Crippen molar-refractivity contribution in [1.82, 2.24) is 4.48 Å². The van der Waals surface area contributed by atoms with Crippen LogP contribution in [0.3, 0.4) is 0 Å². The monoisotopic (exact) mass is 196 g/mol. The summed E-state index contributed by atoms with van der Waals surface area (Å²) in [6.45, 7) is 0.0186. The number of phenols is 1. The molecule has 14 heavy (non-hydrogen) atoms. The van der Waals surface area contributed by atoms with Crippen molar-refractivity contribution in [2.45, 2.75) is 0 Å². The average molecular weight is 196 g/mol. The zero-order chi connectivity index (χ0) is 10.8. The molecular formula is C10H14NO3+. The number of hydrogen-bond donors (Lipinski definition) is 2. The van der Waals surface area contributed by atoms with Crippen LogP contribution in [0.4, 0.5) is 5.69 Å². The van der Waals surface area contributed by atoms with Crippen molar-refractivity contribution >= 4 is 11.7 Å². The number of hydrogen-bond acceptors (Lipinski definition) is 2. The summed E-state index contributed by atoms with van der Waals surface area (Å²) >= 11 is 0. The first-order valence-corrected chi connectivity index (χ1v) is 4.26. The summed E-state index contributed by atoms with van der Waals surface area (Å²) in [4.78, 5) is 10.6. The van der Waals surface area contributed by atoms with Crippen LogP contribution in [0.2, 0.25) is 0 Å². The van der Waals surface area contributed by atoms with E-state index in [2.05, 4.69) is 0 Å². The fourth-order valence-corrected chi connectivity index (χ4v) is 1.29. The molecule has 0 aliphatic carbocycles. The third-order valence-corrected chi connectivity index (χ3v) is 2.08. The fourth-order valence-electron chi connectivity index (χ4n) is 1.29. The van der Waals surface area contributed by atoms with Crippen LogP contribution in [0.25, 0.3) is 0 Å². The van der Waals surface area contributed by atoms with E-state index in [1.165, 1.54) is 0 Å². The molecule has 0 amide bonds. The number of carboxylic acids is 1. The molecule has 1 aromatic carbocycles. The Balaban J connectivity index is 2.91. The van der Waals surface area contributed by atoms with Crippen LogP contribution in [-0.4, -0.2) is 36.8 Å². The molecule has 0 saturated carbocycles. The van der Waals surface area contributed by atoms with Crippen LogP contribution < -0.4 is 4.48 Å². The lowest BCUT2D eigenvalue weighted by atomic mass is 10.2. The molecular weight excluding hydrogens is 182 g/mol. The Morgan fingerprint density at radius 1 is 1.29 bits per heavy atom. The van der Waals surface area contributed by atoms with Crippen molar-refractivity contribution in [1.29, 1.82) is 0 Å². The van der Waals surface area contributed by atoms with Crippen LogP contribution in [0, 0.1) is 0 Å². The van der Waals surface area contributed by atoms with Crippen LogP contribution in [0.15, 0.2) is 24.3 Å². The topological polar surface area (TPSA) is 57.5 Å². The summed E-state index contributed by atoms with van der Waals surface area (Å²) in [7, 11) is 3.61. The van der Waals surface area contributed by atoms with Gasteiger partial charge in [0.05, 0.1) is 14.1 Å². The zero-order valence-electron chi connectivity index (χ0n) is 8.27. The Hall–Kier alpha value is -1.55. The maximum Gasteiger partial charge on any atom is 0.359 e. The van der Waals surface area contributed by atoms with E-state index < -0.39 is 5.97 Å². The Labute approximate surface area is 82.6 Å². The van der Waals surface area contributed by atoms with Crippen molar-refractivity contribution < 1.29 is 15.0 Å². The van der Waals surface area contributed by atoms with Crippen LogP contribution >= 0.6 is 0 Å². The molecule has 0 fully saturated rings. The van der Waals surface area contributed by atoms with Gasteiger partial charge in [-0.05, 0) is 12.1 Å². The van der Waals surface area contributed by atoms with Gasteiger partial charge in [0.25, 0.3) is 0 Å². The number of likely N-dealkylation sites (N-methyl/N-ethyl adjacent to an activating group) is 1. The summed E-state index contributed by atoms with van der Waals surface area (Å²) in [5, 5.41) is 17.8. The SMILES string of the molecule is C[N+](C)(CC(=O)O)c1ccc(O)cc1. The minimum absolute atomic E-state index is 0.0186. The summed E-state index contributed by atoms with van der Waals surface area (Å²) in [5.41, 5.74) is 0.852. The van der Waals surface area contributed by atoms with E-state index in [4.69, 9.17) is 10.2 Å². The van der Waals surface area contributed by atoms with Gasteiger partial charge in [-0.1, -0.05) is 0 Å². The van der Waals surface area contributed by atoms with Crippen molar-refractivity contribution in [2.24, 2.45) is 0 Å². The van der Waals surface area contributed by atoms with E-state index in [1.807, 2.05) is 0 Å². The molecule has 1 aromatic rings. The Morgan fingerprint density at radius 2 is 1.79 bits per heavy atom. The highest BCUT2D eigenvalue weighted by atomic mass is 16.4. The normalized spacial score (nSPS) is 11.3. The minimum atomic E-state index is -0.844. The lowest BCUT2D eigenvalue weighted by molar-refractivity contribution is -0.137. The number of carbonyl (C=O) groups is 1. The number of rotatable bonds is 3. The maximum absolute atomic E-state index is 10.6. The van der Waals surface area contributed by atoms with Gasteiger partial charge >= 0.3 is 5.97 Å². The van der Waals surface area contributed by atoms with Gasteiger partial charge < -0.3 is 10.2 Å². The van der Waals surface area contributed by atoms with Gasteiger partial charge in [-0.2, -0.15) is 0 Å². The molecule has 76 valence electrons. The molecule has 1 rings (SSSR count). The highest BCUT2D eigenvalue weighted by Gasteiger charge is 2.22. The Morgan fingerprint density at radius 3 is 2.21 bits per heavy atom. The van der Waals surface area contributed by atoms with Gasteiger partial charge in [-0.15, -0.1) is 0 Å². The molecule has 4 heteroatoms. The predicted octanol–water partition coefficient (Wildman–Crippen LogP) is 1.04. The van der Waals surface area contributed by atoms with Crippen molar-refractivity contribution in [3.63, 3.8) is 0 Å². The third kappa shape index (κ3) is 2.47. The Bertz CT molecular complexity index is 330. The predicted molar refractivity (Wildman–Crippen MR) is 54.3 cm³/mol. The quantitative estimate of drug-likeness (QED) is 0.710. The first kappa shape index (κ1) is 10.5. The summed E-state index contributed by atoms with van der Waals surface area (Å²) < 4.78 is 0.260. The number of nitrogens with zero attached hydrogens (tertiary/aromatic N) is 1. The van der Waals surface area contributed by atoms with Gasteiger partial charge in [-0.25, -0.2) is 4.79 Å². The fraction of sp³-hybridized carbons (Fsp3) is 0.300. The molecule has 0 spiro atoms. The number of carboxylic acid groups (broad SMARTS) is 1. The number of aliphatic carboxylic acids is 1. The number of benzene rings is 1. The van der Waals surface area contributed by atoms with Crippen LogP contribution in [-0.2, 0) is 4.79 Å². The summed E-state index contributed by atoms with van der Waals surface area (Å²) in [6.07, 6.45) is 0. The standard InChI is InChI=1S/C10H13NO3/c1-11(2,7-10(13)14)8-3-5-9(12)6-4-8/h3-6H,7H2,1-2H3,(H-,12,13,14)/p+1. The lowest BCUT2D eigenvalue weighted by Crippen LogP contribution is -2.44. The minimum Gasteiger partial charge on any atom is -0.508 e. The highest BCUT2D eigenvalue weighted by molar-refractivity contribution is 5.72. The second-order valence-electron chi connectivity index (χ2n) is 3.75. The summed E-state index contributed by atoms with van der Waals surface area (Å²) in [6, 6.07) is 6.55. The van der Waals surface area contributed by atoms with E-state index in [0.717, 1.165) is 5.69 Å². The van der Waals surface area contributed by atoms with E-state index in [9.17, 15) is 4.79 Å². The second-order valence-corrected chi connectivity index (χ2v) is 3.75. The van der Waals surface area contributed by atoms with E-state index >= 15 is 0 Å². The van der Waals surface area contributed by atoms with Crippen LogP contribution in [0.1, 0.15) is 0 Å². The highest BCUT2D eigenvalue weighted by Crippen LogP contribution is 2.21. The first-order chi connectivity index (χ1) is 6.42. The van der Waals surface area contributed by atoms with E-state index in [1.54, 1.807) is 38.4 Å². The molecule has 0 unspecified atom stereocenters. The molecule has 0 atom stereocenters. The van der Waals surface area contributed by atoms with Crippen LogP contribution in [0.5, 0.6) is 5.75 Å². The largest absolute Gasteiger partial charge is 0.508 e. The summed E-state index contributed by atoms with van der Waals surface area (Å²) in [5.74, 6) is -0.660. The number of quaternary nitrogens is 1. The lowest BCUT2D eigenvalue weighted by Gasteiger charge is -2.27. The second kappa shape index (κ2) is 3.67. The molecule has 2 N–H and O–H groups in total. The molecule has 0 aromatic heterocycles. The van der Waals surface area contributed by atoms with Gasteiger partial charge in [-0.3, -0.25) is 4.48 Å². The zero-order valence-corrected chi connectivity index (χ0v) is 8.27. The van der Waals surface area contributed by atoms with Gasteiger partial charge in [0.15, 0.2) is 6.54 Å². The van der Waals surface area contributed by atoms with Gasteiger partial charge in [0, 0.05) is 12.1 Å². The Kier molecular flexibility index (Phi) is 2.76. The van der Waals surface area contributed by atoms with Gasteiger partial charge in [0.2, 0.25) is 0 Å². The van der Waals surface area contributed by atoms with Crippen molar-refractivity contribution in [3.8, 4) is 5.75 Å². The molecule has 0 aliphatic rings. The molecule has 4 nitrogen and oxygen atoms in total. The molecule has 0 bridgehead atoms. The van der Waals surface area contributed by atoms with E-state index in [0.29, 0.717) is 0 Å². The number of phenolic OH excluding ortho intramolecular Hbond substituents is 1.